The van der Waals surface area contributed by atoms with Crippen molar-refractivity contribution in [2.45, 2.75) is 20.8 Å². The van der Waals surface area contributed by atoms with Crippen molar-refractivity contribution in [3.63, 3.8) is 0 Å². The van der Waals surface area contributed by atoms with E-state index in [9.17, 15) is 9.59 Å². The summed E-state index contributed by atoms with van der Waals surface area (Å²) in [4.78, 5) is 27.6. The number of thiazole rings is 1. The Morgan fingerprint density at radius 1 is 1.50 bits per heavy atom. The minimum Gasteiger partial charge on any atom is -0.465 e. The lowest BCUT2D eigenvalue weighted by Gasteiger charge is -2.16. The Labute approximate surface area is 98.6 Å². The largest absolute Gasteiger partial charge is 0.465 e. The number of ketones is 1. The lowest BCUT2D eigenvalue weighted by Crippen LogP contribution is -2.31. The van der Waals surface area contributed by atoms with Gasteiger partial charge >= 0.3 is 5.97 Å². The zero-order valence-electron chi connectivity index (χ0n) is 9.60. The van der Waals surface area contributed by atoms with Crippen LogP contribution in [0.25, 0.3) is 0 Å². The van der Waals surface area contributed by atoms with Crippen molar-refractivity contribution in [1.82, 2.24) is 4.98 Å². The molecule has 0 aliphatic heterocycles. The SMILES string of the molecule is CCOC(=O)C(C(=O)c1cscn1)C(C)C. The number of rotatable bonds is 5. The molecule has 0 N–H and O–H groups in total. The molecule has 16 heavy (non-hydrogen) atoms. The van der Waals surface area contributed by atoms with E-state index < -0.39 is 11.9 Å². The summed E-state index contributed by atoms with van der Waals surface area (Å²) in [7, 11) is 0. The summed E-state index contributed by atoms with van der Waals surface area (Å²) in [6.45, 7) is 5.66. The summed E-state index contributed by atoms with van der Waals surface area (Å²) in [5.74, 6) is -1.56. The number of hydrogen-bond donors (Lipinski definition) is 0. The van der Waals surface area contributed by atoms with Gasteiger partial charge in [0.25, 0.3) is 0 Å². The van der Waals surface area contributed by atoms with Gasteiger partial charge in [0, 0.05) is 5.38 Å². The third kappa shape index (κ3) is 2.88. The van der Waals surface area contributed by atoms with Crippen LogP contribution >= 0.6 is 11.3 Å². The van der Waals surface area contributed by atoms with E-state index >= 15 is 0 Å². The molecule has 0 saturated heterocycles. The molecule has 88 valence electrons. The van der Waals surface area contributed by atoms with E-state index in [0.717, 1.165) is 0 Å². The van der Waals surface area contributed by atoms with Gasteiger partial charge in [-0.1, -0.05) is 13.8 Å². The molecule has 0 spiro atoms. The van der Waals surface area contributed by atoms with Gasteiger partial charge in [-0.2, -0.15) is 0 Å². The highest BCUT2D eigenvalue weighted by atomic mass is 32.1. The molecule has 0 aliphatic carbocycles. The van der Waals surface area contributed by atoms with E-state index in [-0.39, 0.29) is 18.3 Å². The molecule has 0 aliphatic rings. The number of nitrogens with zero attached hydrogens (tertiary/aromatic N) is 1. The normalized spacial score (nSPS) is 12.5. The van der Waals surface area contributed by atoms with Gasteiger partial charge in [-0.15, -0.1) is 11.3 Å². The smallest absolute Gasteiger partial charge is 0.317 e. The van der Waals surface area contributed by atoms with Crippen molar-refractivity contribution < 1.29 is 14.3 Å². The van der Waals surface area contributed by atoms with Crippen molar-refractivity contribution in [3.8, 4) is 0 Å². The van der Waals surface area contributed by atoms with E-state index in [2.05, 4.69) is 4.98 Å². The van der Waals surface area contributed by atoms with E-state index in [1.165, 1.54) is 11.3 Å². The second-order valence-electron chi connectivity index (χ2n) is 3.71. The number of hydrogen-bond acceptors (Lipinski definition) is 5. The fourth-order valence-electron chi connectivity index (χ4n) is 1.41. The average Bonchev–Trinajstić information content (AvgIpc) is 2.70. The summed E-state index contributed by atoms with van der Waals surface area (Å²) in [6, 6.07) is 0. The topological polar surface area (TPSA) is 56.3 Å². The number of esters is 1. The van der Waals surface area contributed by atoms with Gasteiger partial charge in [-0.25, -0.2) is 4.98 Å². The van der Waals surface area contributed by atoms with Crippen molar-refractivity contribution >= 4 is 23.1 Å². The Morgan fingerprint density at radius 2 is 2.19 bits per heavy atom. The van der Waals surface area contributed by atoms with Crippen molar-refractivity contribution in [3.05, 3.63) is 16.6 Å². The molecule has 0 bridgehead atoms. The van der Waals surface area contributed by atoms with Crippen LogP contribution in [0.15, 0.2) is 10.9 Å². The molecule has 1 atom stereocenters. The van der Waals surface area contributed by atoms with Crippen LogP contribution in [0.2, 0.25) is 0 Å². The van der Waals surface area contributed by atoms with Crippen molar-refractivity contribution in [2.24, 2.45) is 11.8 Å². The highest BCUT2D eigenvalue weighted by Crippen LogP contribution is 2.19. The summed E-state index contributed by atoms with van der Waals surface area (Å²) in [5, 5.41) is 1.65. The van der Waals surface area contributed by atoms with Crippen LogP contribution in [0.5, 0.6) is 0 Å². The first-order chi connectivity index (χ1) is 7.57. The Kier molecular flexibility index (Phi) is 4.61. The maximum atomic E-state index is 12.0. The Balaban J connectivity index is 2.86. The third-order valence-corrected chi connectivity index (χ3v) is 2.76. The van der Waals surface area contributed by atoms with Crippen molar-refractivity contribution in [1.29, 1.82) is 0 Å². The predicted octanol–water partition coefficient (Wildman–Crippen LogP) is 2.16. The van der Waals surface area contributed by atoms with Crippen LogP contribution in [-0.2, 0) is 9.53 Å². The lowest BCUT2D eigenvalue weighted by atomic mass is 9.90. The highest BCUT2D eigenvalue weighted by Gasteiger charge is 2.32. The Bertz CT molecular complexity index is 359. The number of ether oxygens (including phenoxy) is 1. The summed E-state index contributed by atoms with van der Waals surface area (Å²) >= 11 is 1.34. The van der Waals surface area contributed by atoms with Crippen LogP contribution in [-0.4, -0.2) is 23.3 Å². The fraction of sp³-hybridized carbons (Fsp3) is 0.545. The van der Waals surface area contributed by atoms with Gasteiger partial charge in [0.15, 0.2) is 5.78 Å². The van der Waals surface area contributed by atoms with Gasteiger partial charge in [0.05, 0.1) is 12.1 Å². The molecule has 5 heteroatoms. The fourth-order valence-corrected chi connectivity index (χ4v) is 1.95. The first-order valence-electron chi connectivity index (χ1n) is 5.17. The second-order valence-corrected chi connectivity index (χ2v) is 4.43. The highest BCUT2D eigenvalue weighted by molar-refractivity contribution is 7.07. The molecular formula is C11H15NO3S. The second kappa shape index (κ2) is 5.75. The quantitative estimate of drug-likeness (QED) is 0.450. The molecule has 1 heterocycles. The van der Waals surface area contributed by atoms with E-state index in [1.807, 2.05) is 13.8 Å². The molecule has 0 amide bonds. The minimum atomic E-state index is -0.748. The van der Waals surface area contributed by atoms with E-state index in [1.54, 1.807) is 17.8 Å². The van der Waals surface area contributed by atoms with Gasteiger partial charge in [0.1, 0.15) is 11.6 Å². The van der Waals surface area contributed by atoms with Crippen LogP contribution in [0, 0.1) is 11.8 Å². The maximum absolute atomic E-state index is 12.0. The predicted molar refractivity (Wildman–Crippen MR) is 61.4 cm³/mol. The van der Waals surface area contributed by atoms with Gasteiger partial charge in [-0.05, 0) is 12.8 Å². The van der Waals surface area contributed by atoms with Crippen molar-refractivity contribution in [2.75, 3.05) is 6.61 Å². The molecule has 0 aromatic carbocycles. The molecule has 1 aromatic heterocycles. The van der Waals surface area contributed by atoms with Crippen LogP contribution < -0.4 is 0 Å². The molecule has 1 aromatic rings. The lowest BCUT2D eigenvalue weighted by molar-refractivity contribution is -0.147. The zero-order chi connectivity index (χ0) is 12.1. The molecule has 0 fully saturated rings. The molecule has 4 nitrogen and oxygen atoms in total. The molecular weight excluding hydrogens is 226 g/mol. The van der Waals surface area contributed by atoms with E-state index in [4.69, 9.17) is 4.74 Å². The third-order valence-electron chi connectivity index (χ3n) is 2.17. The summed E-state index contributed by atoms with van der Waals surface area (Å²) in [6.07, 6.45) is 0. The number of Topliss-reactive ketones (excluding diaryl/α,β-unsaturated/α-hetero) is 1. The van der Waals surface area contributed by atoms with Gasteiger partial charge < -0.3 is 4.74 Å². The molecule has 0 saturated carbocycles. The number of carbonyl (C=O) groups excluding carboxylic acids is 2. The molecule has 0 radical (unpaired) electrons. The monoisotopic (exact) mass is 241 g/mol. The van der Waals surface area contributed by atoms with E-state index in [0.29, 0.717) is 5.69 Å². The van der Waals surface area contributed by atoms with Crippen LogP contribution in [0.3, 0.4) is 0 Å². The van der Waals surface area contributed by atoms with Gasteiger partial charge in [-0.3, -0.25) is 9.59 Å². The number of carbonyl (C=O) groups is 2. The zero-order valence-corrected chi connectivity index (χ0v) is 10.4. The molecule has 1 rings (SSSR count). The Morgan fingerprint density at radius 3 is 2.62 bits per heavy atom. The minimum absolute atomic E-state index is 0.0896. The summed E-state index contributed by atoms with van der Waals surface area (Å²) in [5.41, 5.74) is 1.92. The summed E-state index contributed by atoms with van der Waals surface area (Å²) < 4.78 is 4.90. The first kappa shape index (κ1) is 12.8. The van der Waals surface area contributed by atoms with Gasteiger partial charge in [0.2, 0.25) is 0 Å². The average molecular weight is 241 g/mol. The first-order valence-corrected chi connectivity index (χ1v) is 6.11. The standard InChI is InChI=1S/C11H15NO3S/c1-4-15-11(14)9(7(2)3)10(13)8-5-16-6-12-8/h5-7,9H,4H2,1-3H3. The van der Waals surface area contributed by atoms with Crippen LogP contribution in [0.1, 0.15) is 31.3 Å². The number of aromatic nitrogens is 1. The molecule has 1 unspecified atom stereocenters. The maximum Gasteiger partial charge on any atom is 0.317 e. The Hall–Kier alpha value is -1.23. The van der Waals surface area contributed by atoms with Crippen LogP contribution in [0.4, 0.5) is 0 Å².